The maximum Gasteiger partial charge on any atom is 0.323 e. The molecule has 1 atom stereocenters. The number of urea groups is 1. The fourth-order valence-electron chi connectivity index (χ4n) is 4.82. The molecule has 3 aromatic rings. The summed E-state index contributed by atoms with van der Waals surface area (Å²) in [6, 6.07) is 21.2. The number of rotatable bonds is 3. The highest BCUT2D eigenvalue weighted by molar-refractivity contribution is 8.02. The number of benzene rings is 3. The largest absolute Gasteiger partial charge is 0.323 e. The first-order chi connectivity index (χ1) is 16.2. The third-order valence-corrected chi connectivity index (χ3v) is 7.98. The summed E-state index contributed by atoms with van der Waals surface area (Å²) < 4.78 is 13.9. The van der Waals surface area contributed by atoms with Crippen molar-refractivity contribution in [3.05, 3.63) is 95.3 Å². The van der Waals surface area contributed by atoms with Crippen molar-refractivity contribution in [2.45, 2.75) is 36.9 Å². The van der Waals surface area contributed by atoms with E-state index in [-0.39, 0.29) is 16.3 Å². The van der Waals surface area contributed by atoms with E-state index in [9.17, 15) is 14.0 Å². The summed E-state index contributed by atoms with van der Waals surface area (Å²) in [5, 5.41) is 2.69. The maximum absolute atomic E-state index is 14.3. The summed E-state index contributed by atoms with van der Waals surface area (Å²) in [6.07, 6.45) is 0. The van der Waals surface area contributed by atoms with Crippen LogP contribution in [0.4, 0.5) is 20.6 Å². The summed E-state index contributed by atoms with van der Waals surface area (Å²) >= 11 is 1.48. The van der Waals surface area contributed by atoms with Crippen LogP contribution in [0.5, 0.6) is 0 Å². The van der Waals surface area contributed by atoms with Crippen LogP contribution >= 0.6 is 11.8 Å². The lowest BCUT2D eigenvalue weighted by Gasteiger charge is -2.33. The molecule has 174 valence electrons. The van der Waals surface area contributed by atoms with Gasteiger partial charge < -0.3 is 10.2 Å². The quantitative estimate of drug-likeness (QED) is 0.514. The van der Waals surface area contributed by atoms with Crippen LogP contribution in [0, 0.1) is 12.7 Å². The molecule has 5 nitrogen and oxygen atoms in total. The Morgan fingerprint density at radius 2 is 1.71 bits per heavy atom. The summed E-state index contributed by atoms with van der Waals surface area (Å²) in [4.78, 5) is 29.9. The summed E-state index contributed by atoms with van der Waals surface area (Å²) in [6.45, 7) is 6.83. The number of aryl methyl sites for hydroxylation is 1. The molecule has 3 amide bonds. The molecule has 34 heavy (non-hydrogen) atoms. The number of nitrogens with zero attached hydrogens (tertiary/aromatic N) is 2. The fraction of sp³-hybridized carbons (Fsp3) is 0.259. The maximum atomic E-state index is 14.3. The molecule has 0 aliphatic carbocycles. The number of hydrogen-bond acceptors (Lipinski definition) is 3. The third kappa shape index (κ3) is 3.55. The first-order valence-electron chi connectivity index (χ1n) is 11.2. The Hall–Kier alpha value is -3.32. The van der Waals surface area contributed by atoms with Gasteiger partial charge in [-0.1, -0.05) is 54.6 Å². The Morgan fingerprint density at radius 1 is 1.03 bits per heavy atom. The van der Waals surface area contributed by atoms with E-state index in [1.54, 1.807) is 21.9 Å². The van der Waals surface area contributed by atoms with Crippen LogP contribution in [0.2, 0.25) is 0 Å². The number of fused-ring (bicyclic) bond motifs is 2. The summed E-state index contributed by atoms with van der Waals surface area (Å²) in [5.41, 5.74) is 3.82. The van der Waals surface area contributed by atoms with Crippen LogP contribution in [-0.2, 0) is 16.2 Å². The highest BCUT2D eigenvalue weighted by Gasteiger charge is 2.63. The van der Waals surface area contributed by atoms with Crippen molar-refractivity contribution in [3.63, 3.8) is 0 Å². The van der Waals surface area contributed by atoms with Crippen molar-refractivity contribution in [1.29, 1.82) is 0 Å². The minimum Gasteiger partial charge on any atom is -0.305 e. The van der Waals surface area contributed by atoms with Gasteiger partial charge in [0.2, 0.25) is 0 Å². The highest BCUT2D eigenvalue weighted by Crippen LogP contribution is 2.59. The number of nitrogens with one attached hydrogen (secondary N) is 1. The molecule has 2 aliphatic heterocycles. The van der Waals surface area contributed by atoms with Crippen molar-refractivity contribution in [3.8, 4) is 0 Å². The first kappa shape index (κ1) is 22.5. The van der Waals surface area contributed by atoms with Gasteiger partial charge in [0.15, 0.2) is 4.87 Å². The molecule has 0 aromatic heterocycles. The second-order valence-corrected chi connectivity index (χ2v) is 11.2. The van der Waals surface area contributed by atoms with E-state index >= 15 is 0 Å². The molecular weight excluding hydrogens is 449 g/mol. The van der Waals surface area contributed by atoms with Crippen molar-refractivity contribution in [2.75, 3.05) is 16.8 Å². The van der Waals surface area contributed by atoms with E-state index in [0.717, 1.165) is 22.4 Å². The van der Waals surface area contributed by atoms with E-state index in [4.69, 9.17) is 0 Å². The van der Waals surface area contributed by atoms with Crippen molar-refractivity contribution >= 4 is 35.1 Å². The summed E-state index contributed by atoms with van der Waals surface area (Å²) in [7, 11) is 0. The number of carbonyl (C=O) groups is 2. The normalized spacial score (nSPS) is 20.6. The van der Waals surface area contributed by atoms with Gasteiger partial charge in [0.25, 0.3) is 5.91 Å². The SMILES string of the molecule is Cc1ccccc1CN1C(=O)[C@]2(SC(C)(C)CN2C(=O)Nc2ccccc2F)c2ccccc21. The van der Waals surface area contributed by atoms with E-state index in [2.05, 4.69) is 5.32 Å². The van der Waals surface area contributed by atoms with Crippen LogP contribution in [0.25, 0.3) is 0 Å². The van der Waals surface area contributed by atoms with Gasteiger partial charge >= 0.3 is 6.03 Å². The molecule has 5 rings (SSSR count). The molecule has 7 heteroatoms. The Morgan fingerprint density at radius 3 is 2.47 bits per heavy atom. The van der Waals surface area contributed by atoms with Crippen molar-refractivity contribution in [1.82, 2.24) is 4.90 Å². The zero-order valence-corrected chi connectivity index (χ0v) is 20.2. The second-order valence-electron chi connectivity index (χ2n) is 9.34. The van der Waals surface area contributed by atoms with Crippen LogP contribution < -0.4 is 10.2 Å². The number of para-hydroxylation sites is 2. The minimum absolute atomic E-state index is 0.0906. The monoisotopic (exact) mass is 475 g/mol. The van der Waals surface area contributed by atoms with Gasteiger partial charge in [-0.25, -0.2) is 9.18 Å². The number of amides is 3. The lowest BCUT2D eigenvalue weighted by molar-refractivity contribution is -0.123. The zero-order chi connectivity index (χ0) is 24.1. The van der Waals surface area contributed by atoms with Gasteiger partial charge in [-0.05, 0) is 50.1 Å². The van der Waals surface area contributed by atoms with Gasteiger partial charge in [0.05, 0.1) is 17.9 Å². The molecule has 1 saturated heterocycles. The molecule has 0 bridgehead atoms. The van der Waals surface area contributed by atoms with Crippen molar-refractivity contribution in [2.24, 2.45) is 0 Å². The number of thioether (sulfide) groups is 1. The number of carbonyl (C=O) groups excluding carboxylic acids is 2. The Labute approximate surface area is 202 Å². The van der Waals surface area contributed by atoms with Gasteiger partial charge in [-0.3, -0.25) is 9.69 Å². The highest BCUT2D eigenvalue weighted by atomic mass is 32.2. The second kappa shape index (κ2) is 8.17. The van der Waals surface area contributed by atoms with E-state index in [1.165, 1.54) is 23.9 Å². The standard InChI is InChI=1S/C27H26FN3O2S/c1-18-10-4-5-11-19(18)16-30-23-15-9-6-12-20(23)27(24(30)32)31(17-26(2,3)34-27)25(33)29-22-14-8-7-13-21(22)28/h4-15H,16-17H2,1-3H3,(H,29,33)/t27-/m1/s1. The number of halogens is 1. The lowest BCUT2D eigenvalue weighted by Crippen LogP contribution is -2.51. The van der Waals surface area contributed by atoms with Gasteiger partial charge in [0.1, 0.15) is 5.82 Å². The van der Waals surface area contributed by atoms with Gasteiger partial charge in [-0.2, -0.15) is 0 Å². The molecule has 1 N–H and O–H groups in total. The molecule has 1 fully saturated rings. The molecule has 0 saturated carbocycles. The average molecular weight is 476 g/mol. The first-order valence-corrected chi connectivity index (χ1v) is 12.0. The van der Waals surface area contributed by atoms with Crippen molar-refractivity contribution < 1.29 is 14.0 Å². The average Bonchev–Trinajstić information content (AvgIpc) is 3.23. The molecular formula is C27H26FN3O2S. The number of hydrogen-bond donors (Lipinski definition) is 1. The Kier molecular flexibility index (Phi) is 5.40. The fourth-order valence-corrected chi connectivity index (χ4v) is 6.55. The van der Waals surface area contributed by atoms with Crippen LogP contribution in [-0.4, -0.2) is 28.1 Å². The van der Waals surface area contributed by atoms with E-state index in [0.29, 0.717) is 13.1 Å². The topological polar surface area (TPSA) is 52.7 Å². The Balaban J connectivity index is 1.58. The molecule has 0 unspecified atom stereocenters. The van der Waals surface area contributed by atoms with E-state index in [1.807, 2.05) is 69.3 Å². The van der Waals surface area contributed by atoms with Crippen LogP contribution in [0.15, 0.2) is 72.8 Å². The molecule has 2 aliphatic rings. The third-order valence-electron chi connectivity index (χ3n) is 6.39. The Bertz CT molecular complexity index is 1290. The molecule has 2 heterocycles. The molecule has 1 spiro atoms. The minimum atomic E-state index is -1.22. The predicted octanol–water partition coefficient (Wildman–Crippen LogP) is 5.89. The lowest BCUT2D eigenvalue weighted by atomic mass is 10.1. The zero-order valence-electron chi connectivity index (χ0n) is 19.3. The van der Waals surface area contributed by atoms with Crippen LogP contribution in [0.3, 0.4) is 0 Å². The van der Waals surface area contributed by atoms with Crippen LogP contribution in [0.1, 0.15) is 30.5 Å². The molecule has 0 radical (unpaired) electrons. The van der Waals surface area contributed by atoms with Gasteiger partial charge in [-0.15, -0.1) is 11.8 Å². The predicted molar refractivity (Wildman–Crippen MR) is 134 cm³/mol. The molecule has 3 aromatic carbocycles. The smallest absolute Gasteiger partial charge is 0.305 e. The summed E-state index contributed by atoms with van der Waals surface area (Å²) in [5.74, 6) is -0.674. The van der Waals surface area contributed by atoms with E-state index < -0.39 is 16.7 Å². The number of anilines is 2. The van der Waals surface area contributed by atoms with Gasteiger partial charge in [0, 0.05) is 16.9 Å².